The molecule has 7 nitrogen and oxygen atoms in total. The molecule has 0 spiro atoms. The molecule has 1 aliphatic rings. The van der Waals surface area contributed by atoms with E-state index in [4.69, 9.17) is 11.5 Å². The number of thioether (sulfide) groups is 1. The quantitative estimate of drug-likeness (QED) is 0.413. The normalized spacial score (nSPS) is 18.0. The van der Waals surface area contributed by atoms with Crippen LogP contribution in [0.2, 0.25) is 0 Å². The Kier molecular flexibility index (Phi) is 7.94. The summed E-state index contributed by atoms with van der Waals surface area (Å²) in [5.74, 6) is -0.344. The summed E-state index contributed by atoms with van der Waals surface area (Å²) in [6, 6.07) is 0. The van der Waals surface area contributed by atoms with Crippen molar-refractivity contribution in [3.05, 3.63) is 0 Å². The van der Waals surface area contributed by atoms with E-state index >= 15 is 0 Å². The van der Waals surface area contributed by atoms with Gasteiger partial charge in [-0.05, 0) is 25.0 Å². The number of nitrogens with two attached hydrogens (primary N) is 2. The highest BCUT2D eigenvalue weighted by Gasteiger charge is 2.38. The van der Waals surface area contributed by atoms with Crippen molar-refractivity contribution >= 4 is 35.4 Å². The van der Waals surface area contributed by atoms with E-state index < -0.39 is 0 Å². The van der Waals surface area contributed by atoms with Crippen LogP contribution in [0, 0.1) is 0 Å². The first-order valence-electron chi connectivity index (χ1n) is 7.44. The van der Waals surface area contributed by atoms with Gasteiger partial charge in [-0.1, -0.05) is 6.42 Å². The SMILES string of the molecule is NC(=O)CCCCCN1C(=O)CC(SCCCC(N)=O)C1=O. The topological polar surface area (TPSA) is 124 Å². The Labute approximate surface area is 134 Å². The molecular formula is C14H23N3O4S. The van der Waals surface area contributed by atoms with Gasteiger partial charge in [-0.3, -0.25) is 24.1 Å². The maximum atomic E-state index is 12.1. The number of nitrogens with zero attached hydrogens (tertiary/aromatic N) is 1. The van der Waals surface area contributed by atoms with Gasteiger partial charge < -0.3 is 11.5 Å². The van der Waals surface area contributed by atoms with Crippen LogP contribution in [-0.2, 0) is 19.2 Å². The molecule has 1 heterocycles. The fraction of sp³-hybridized carbons (Fsp3) is 0.714. The fourth-order valence-electron chi connectivity index (χ4n) is 2.24. The van der Waals surface area contributed by atoms with E-state index in [1.807, 2.05) is 0 Å². The number of unbranched alkanes of at least 4 members (excludes halogenated alkanes) is 2. The predicted octanol–water partition coefficient (Wildman–Crippen LogP) is 0.158. The average molecular weight is 329 g/mol. The first-order valence-corrected chi connectivity index (χ1v) is 8.49. The van der Waals surface area contributed by atoms with Gasteiger partial charge in [0.25, 0.3) is 0 Å². The standard InChI is InChI=1S/C14H23N3O4S/c15-11(18)5-2-1-3-7-17-13(20)9-10(14(17)21)22-8-4-6-12(16)19/h10H,1-9H2,(H2,15,18)(H2,16,19). The molecule has 0 aromatic rings. The third-order valence-corrected chi connectivity index (χ3v) is 4.69. The molecule has 4 amide bonds. The second kappa shape index (κ2) is 9.45. The van der Waals surface area contributed by atoms with Gasteiger partial charge in [0.05, 0.1) is 5.25 Å². The van der Waals surface area contributed by atoms with Gasteiger partial charge in [0, 0.05) is 25.8 Å². The van der Waals surface area contributed by atoms with Gasteiger partial charge in [0.1, 0.15) is 0 Å². The molecule has 124 valence electrons. The zero-order valence-electron chi connectivity index (χ0n) is 12.6. The maximum absolute atomic E-state index is 12.1. The van der Waals surface area contributed by atoms with Crippen LogP contribution in [0.25, 0.3) is 0 Å². The molecule has 0 radical (unpaired) electrons. The number of likely N-dealkylation sites (tertiary alicyclic amines) is 1. The molecular weight excluding hydrogens is 306 g/mol. The molecule has 0 bridgehead atoms. The molecule has 1 aliphatic heterocycles. The van der Waals surface area contributed by atoms with E-state index in [1.54, 1.807) is 0 Å². The van der Waals surface area contributed by atoms with Crippen molar-refractivity contribution in [3.63, 3.8) is 0 Å². The number of amides is 4. The van der Waals surface area contributed by atoms with Gasteiger partial charge in [0.2, 0.25) is 23.6 Å². The number of carbonyl (C=O) groups is 4. The molecule has 0 saturated carbocycles. The molecule has 1 fully saturated rings. The third kappa shape index (κ3) is 6.46. The summed E-state index contributed by atoms with van der Waals surface area (Å²) in [4.78, 5) is 46.5. The number of hydrogen-bond acceptors (Lipinski definition) is 5. The fourth-order valence-corrected chi connectivity index (χ4v) is 3.36. The summed E-state index contributed by atoms with van der Waals surface area (Å²) in [6.45, 7) is 0.398. The largest absolute Gasteiger partial charge is 0.370 e. The molecule has 0 aromatic heterocycles. The molecule has 0 aliphatic carbocycles. The lowest BCUT2D eigenvalue weighted by Gasteiger charge is -2.14. The monoisotopic (exact) mass is 329 g/mol. The van der Waals surface area contributed by atoms with E-state index in [1.165, 1.54) is 16.7 Å². The maximum Gasteiger partial charge on any atom is 0.242 e. The average Bonchev–Trinajstić information content (AvgIpc) is 2.70. The van der Waals surface area contributed by atoms with E-state index in [0.717, 1.165) is 6.42 Å². The number of imide groups is 1. The van der Waals surface area contributed by atoms with Gasteiger partial charge in [0.15, 0.2) is 0 Å². The summed E-state index contributed by atoms with van der Waals surface area (Å²) in [7, 11) is 0. The third-order valence-electron chi connectivity index (χ3n) is 3.39. The summed E-state index contributed by atoms with van der Waals surface area (Å²) in [5.41, 5.74) is 10.1. The first kappa shape index (κ1) is 18.5. The van der Waals surface area contributed by atoms with E-state index in [0.29, 0.717) is 44.4 Å². The van der Waals surface area contributed by atoms with E-state index in [9.17, 15) is 19.2 Å². The van der Waals surface area contributed by atoms with Crippen LogP contribution in [0.4, 0.5) is 0 Å². The van der Waals surface area contributed by atoms with Crippen molar-refractivity contribution in [1.29, 1.82) is 0 Å². The van der Waals surface area contributed by atoms with Gasteiger partial charge in [-0.15, -0.1) is 11.8 Å². The first-order chi connectivity index (χ1) is 10.4. The Morgan fingerprint density at radius 3 is 2.32 bits per heavy atom. The van der Waals surface area contributed by atoms with Crippen LogP contribution < -0.4 is 11.5 Å². The van der Waals surface area contributed by atoms with Crippen LogP contribution in [-0.4, -0.2) is 46.1 Å². The summed E-state index contributed by atoms with van der Waals surface area (Å²) < 4.78 is 0. The Bertz CT molecular complexity index is 442. The lowest BCUT2D eigenvalue weighted by atomic mass is 10.2. The van der Waals surface area contributed by atoms with Gasteiger partial charge in [-0.2, -0.15) is 0 Å². The Balaban J connectivity index is 2.25. The molecule has 0 aromatic carbocycles. The Hall–Kier alpha value is -1.57. The minimum absolute atomic E-state index is 0.146. The number of hydrogen-bond donors (Lipinski definition) is 2. The number of carbonyl (C=O) groups excluding carboxylic acids is 4. The Morgan fingerprint density at radius 1 is 1.05 bits per heavy atom. The Morgan fingerprint density at radius 2 is 1.68 bits per heavy atom. The minimum atomic E-state index is -0.355. The lowest BCUT2D eigenvalue weighted by molar-refractivity contribution is -0.138. The minimum Gasteiger partial charge on any atom is -0.370 e. The van der Waals surface area contributed by atoms with Crippen molar-refractivity contribution in [3.8, 4) is 0 Å². The molecule has 1 rings (SSSR count). The highest BCUT2D eigenvalue weighted by Crippen LogP contribution is 2.26. The van der Waals surface area contributed by atoms with Crippen LogP contribution in [0.15, 0.2) is 0 Å². The van der Waals surface area contributed by atoms with Crippen molar-refractivity contribution in [2.75, 3.05) is 12.3 Å². The summed E-state index contributed by atoms with van der Waals surface area (Å²) >= 11 is 1.41. The van der Waals surface area contributed by atoms with E-state index in [2.05, 4.69) is 0 Å². The molecule has 1 unspecified atom stereocenters. The van der Waals surface area contributed by atoms with Crippen molar-refractivity contribution < 1.29 is 19.2 Å². The zero-order chi connectivity index (χ0) is 16.5. The highest BCUT2D eigenvalue weighted by molar-refractivity contribution is 8.00. The van der Waals surface area contributed by atoms with Crippen LogP contribution >= 0.6 is 11.8 Å². The van der Waals surface area contributed by atoms with Gasteiger partial charge in [-0.25, -0.2) is 0 Å². The molecule has 22 heavy (non-hydrogen) atoms. The molecule has 1 saturated heterocycles. The number of rotatable bonds is 11. The molecule has 1 atom stereocenters. The molecule has 8 heteroatoms. The van der Waals surface area contributed by atoms with Crippen LogP contribution in [0.5, 0.6) is 0 Å². The van der Waals surface area contributed by atoms with Crippen LogP contribution in [0.3, 0.4) is 0 Å². The van der Waals surface area contributed by atoms with E-state index in [-0.39, 0.29) is 35.3 Å². The second-order valence-electron chi connectivity index (χ2n) is 5.29. The predicted molar refractivity (Wildman–Crippen MR) is 83.7 cm³/mol. The van der Waals surface area contributed by atoms with Crippen LogP contribution in [0.1, 0.15) is 44.9 Å². The lowest BCUT2D eigenvalue weighted by Crippen LogP contribution is -2.32. The highest BCUT2D eigenvalue weighted by atomic mass is 32.2. The smallest absolute Gasteiger partial charge is 0.242 e. The van der Waals surface area contributed by atoms with Gasteiger partial charge >= 0.3 is 0 Å². The second-order valence-corrected chi connectivity index (χ2v) is 6.60. The zero-order valence-corrected chi connectivity index (χ0v) is 13.4. The summed E-state index contributed by atoms with van der Waals surface area (Å²) in [6.07, 6.45) is 3.59. The molecule has 4 N–H and O–H groups in total. The van der Waals surface area contributed by atoms with Crippen molar-refractivity contribution in [2.24, 2.45) is 11.5 Å². The number of primary amides is 2. The van der Waals surface area contributed by atoms with Crippen molar-refractivity contribution in [2.45, 2.75) is 50.2 Å². The summed E-state index contributed by atoms with van der Waals surface area (Å²) in [5, 5.41) is -0.342. The van der Waals surface area contributed by atoms with Crippen molar-refractivity contribution in [1.82, 2.24) is 4.90 Å².